The number of carbonyl (C=O) groups is 1. The van der Waals surface area contributed by atoms with Crippen LogP contribution in [-0.2, 0) is 88.1 Å². The highest BCUT2D eigenvalue weighted by atomic mass is 32.3. The van der Waals surface area contributed by atoms with Crippen molar-refractivity contribution in [2.24, 2.45) is 4.99 Å². The predicted molar refractivity (Wildman–Crippen MR) is 256 cm³/mol. The summed E-state index contributed by atoms with van der Waals surface area (Å²) < 4.78 is 101. The van der Waals surface area contributed by atoms with Crippen molar-refractivity contribution in [2.75, 3.05) is 13.2 Å². The maximum Gasteiger partial charge on any atom is 0.397 e. The van der Waals surface area contributed by atoms with E-state index in [-0.39, 0.29) is 44.7 Å². The molecule has 0 unspecified atom stereocenters. The third-order valence-electron chi connectivity index (χ3n) is 12.3. The van der Waals surface area contributed by atoms with Crippen molar-refractivity contribution in [3.63, 3.8) is 0 Å². The van der Waals surface area contributed by atoms with E-state index in [1.54, 1.807) is 0 Å². The van der Waals surface area contributed by atoms with Gasteiger partial charge >= 0.3 is 16.4 Å². The highest BCUT2D eigenvalue weighted by Gasteiger charge is 2.56. The van der Waals surface area contributed by atoms with Crippen LogP contribution in [-0.4, -0.2) is 108 Å². The molecule has 2 aliphatic rings. The van der Waals surface area contributed by atoms with Crippen LogP contribution >= 0.6 is 0 Å². The van der Waals surface area contributed by atoms with Gasteiger partial charge < -0.3 is 47.4 Å². The molecule has 69 heavy (non-hydrogen) atoms. The van der Waals surface area contributed by atoms with E-state index in [9.17, 15) is 22.9 Å². The largest absolute Gasteiger partial charge is 0.862 e. The van der Waals surface area contributed by atoms with Crippen LogP contribution in [0.2, 0.25) is 18.1 Å². The third kappa shape index (κ3) is 16.0. The standard InChI is InChI=1S/C51H67NO15SSi/c1-34-24-26-40(27-25-34)28-58-32-41-45(67-68(55,56)57)46(43(52-35(2)53)49(64-41)61-31-39-22-16-11-17-23-39)66-50-48(63-36(3)54)47(60-30-38-20-14-10-15-21-38)44(59-29-37-18-12-9-13-19-37)42(65-50)33-62-69(7,8)51(4,5)6/h9-27,41-50H,28-33H2,1-8H3,(H,52,53)(H,55,56,57)/p-1/t41-,42-,43-,44-,45-,46-,47+,48-,49-,50+/m1/s1. The summed E-state index contributed by atoms with van der Waals surface area (Å²) in [5, 5.41) is 12.9. The molecule has 0 aromatic heterocycles. The number of hydrogen-bond donors (Lipinski definition) is 1. The van der Waals surface area contributed by atoms with Crippen LogP contribution in [0.1, 0.15) is 62.4 Å². The van der Waals surface area contributed by atoms with Gasteiger partial charge in [0.2, 0.25) is 0 Å². The Bertz CT molecular complexity index is 2330. The van der Waals surface area contributed by atoms with Gasteiger partial charge in [-0.25, -0.2) is 4.18 Å². The first-order valence-corrected chi connectivity index (χ1v) is 27.3. The summed E-state index contributed by atoms with van der Waals surface area (Å²) >= 11 is 0. The van der Waals surface area contributed by atoms with Crippen molar-refractivity contribution in [1.82, 2.24) is 0 Å². The van der Waals surface area contributed by atoms with E-state index < -0.39 is 91.9 Å². The molecule has 10 atom stereocenters. The van der Waals surface area contributed by atoms with Gasteiger partial charge in [-0.05, 0) is 60.1 Å². The maximum atomic E-state index is 13.2. The molecule has 2 aliphatic heterocycles. The van der Waals surface area contributed by atoms with E-state index in [1.165, 1.54) is 13.8 Å². The fourth-order valence-electron chi connectivity index (χ4n) is 7.68. The number of rotatable bonds is 22. The van der Waals surface area contributed by atoms with Gasteiger partial charge in [-0.3, -0.25) is 14.3 Å². The van der Waals surface area contributed by atoms with Gasteiger partial charge in [0, 0.05) is 6.92 Å². The Balaban J connectivity index is 1.45. The van der Waals surface area contributed by atoms with Crippen LogP contribution in [0, 0.1) is 6.92 Å². The minimum absolute atomic E-state index is 0.0218. The average Bonchev–Trinajstić information content (AvgIpc) is 3.29. The van der Waals surface area contributed by atoms with Gasteiger partial charge in [0.15, 0.2) is 27.0 Å². The van der Waals surface area contributed by atoms with Crippen LogP contribution in [0.5, 0.6) is 0 Å². The second kappa shape index (κ2) is 24.6. The van der Waals surface area contributed by atoms with Crippen LogP contribution < -0.4 is 5.11 Å². The second-order valence-electron chi connectivity index (χ2n) is 18.8. The molecular weight excluding hydrogens is 927 g/mol. The Hall–Kier alpha value is -4.41. The van der Waals surface area contributed by atoms with E-state index in [0.717, 1.165) is 27.8 Å². The fraction of sp³-hybridized carbons (Fsp3) is 0.490. The maximum absolute atomic E-state index is 13.2. The lowest BCUT2D eigenvalue weighted by Gasteiger charge is -2.49. The van der Waals surface area contributed by atoms with Gasteiger partial charge in [-0.1, -0.05) is 142 Å². The highest BCUT2D eigenvalue weighted by Crippen LogP contribution is 2.40. The van der Waals surface area contributed by atoms with Crippen LogP contribution in [0.4, 0.5) is 0 Å². The average molecular weight is 993 g/mol. The number of carbonyl (C=O) groups excluding carboxylic acids is 1. The van der Waals surface area contributed by atoms with E-state index in [2.05, 4.69) is 38.9 Å². The zero-order valence-corrected chi connectivity index (χ0v) is 42.3. The molecule has 4 aromatic rings. The summed E-state index contributed by atoms with van der Waals surface area (Å²) in [4.78, 5) is 17.6. The molecule has 0 amide bonds. The van der Waals surface area contributed by atoms with Gasteiger partial charge in [0.25, 0.3) is 0 Å². The smallest absolute Gasteiger partial charge is 0.397 e. The molecule has 2 heterocycles. The minimum Gasteiger partial charge on any atom is -0.862 e. The molecular formula is C51H66NO15SSi-. The SMILES string of the molecule is CC(=O)O[C@H]1[C@H](O[C@@H]2[C@@H](N=C(C)[O-])[C@H](OCc3ccccc3)O[C@H](COCc3ccc(C)cc3)[C@H]2OS(=O)(=O)O)O[C@H](CO[Si](C)(C)C(C)(C)C)[C@@H](OCc2ccccc2)[C@@H]1OCc1ccccc1. The topological polar surface area (TPSA) is 199 Å². The number of esters is 1. The number of aryl methyl sites for hydroxylation is 1. The molecule has 0 bridgehead atoms. The van der Waals surface area contributed by atoms with E-state index in [0.29, 0.717) is 0 Å². The molecule has 376 valence electrons. The minimum atomic E-state index is -5.28. The lowest BCUT2D eigenvalue weighted by Crippen LogP contribution is -2.66. The van der Waals surface area contributed by atoms with Crippen molar-refractivity contribution < 1.29 is 69.4 Å². The molecule has 16 nitrogen and oxygen atoms in total. The summed E-state index contributed by atoms with van der Waals surface area (Å²) in [6.07, 6.45) is -12.2. The Morgan fingerprint density at radius 3 is 1.67 bits per heavy atom. The molecule has 0 radical (unpaired) electrons. The number of hydrogen-bond acceptors (Lipinski definition) is 15. The molecule has 2 saturated heterocycles. The summed E-state index contributed by atoms with van der Waals surface area (Å²) in [7, 11) is -7.77. The molecule has 18 heteroatoms. The van der Waals surface area contributed by atoms with E-state index >= 15 is 0 Å². The normalized spacial score (nSPS) is 25.8. The number of aliphatic imine (C=N–C) groups is 1. The lowest BCUT2D eigenvalue weighted by atomic mass is 9.95. The van der Waals surface area contributed by atoms with E-state index in [1.807, 2.05) is 122 Å². The summed E-state index contributed by atoms with van der Waals surface area (Å²) in [6, 6.07) is 34.2. The molecule has 0 saturated carbocycles. The molecule has 2 fully saturated rings. The summed E-state index contributed by atoms with van der Waals surface area (Å²) in [6.45, 7) is 14.8. The predicted octanol–water partition coefficient (Wildman–Crippen LogP) is 7.02. The highest BCUT2D eigenvalue weighted by molar-refractivity contribution is 7.80. The second-order valence-corrected chi connectivity index (χ2v) is 24.6. The first-order chi connectivity index (χ1) is 32.8. The number of benzene rings is 4. The van der Waals surface area contributed by atoms with Gasteiger partial charge in [-0.15, -0.1) is 0 Å². The van der Waals surface area contributed by atoms with E-state index in [4.69, 9.17) is 46.5 Å². The first kappa shape index (κ1) is 53.9. The van der Waals surface area contributed by atoms with Crippen molar-refractivity contribution >= 4 is 30.6 Å². The number of nitrogens with zero attached hydrogens (tertiary/aromatic N) is 1. The van der Waals surface area contributed by atoms with Crippen molar-refractivity contribution in [3.05, 3.63) is 143 Å². The Morgan fingerprint density at radius 2 is 1.16 bits per heavy atom. The summed E-state index contributed by atoms with van der Waals surface area (Å²) in [5.41, 5.74) is 4.26. The fourth-order valence-corrected chi connectivity index (χ4v) is 9.21. The Kier molecular flexibility index (Phi) is 19.2. The first-order valence-electron chi connectivity index (χ1n) is 23.0. The summed E-state index contributed by atoms with van der Waals surface area (Å²) in [5.74, 6) is -1.41. The van der Waals surface area contributed by atoms with Gasteiger partial charge in [-0.2, -0.15) is 8.42 Å². The van der Waals surface area contributed by atoms with Crippen LogP contribution in [0.3, 0.4) is 0 Å². The molecule has 1 N–H and O–H groups in total. The Labute approximate surface area is 407 Å². The lowest BCUT2D eigenvalue weighted by molar-refractivity contribution is -0.351. The van der Waals surface area contributed by atoms with Crippen LogP contribution in [0.25, 0.3) is 0 Å². The van der Waals surface area contributed by atoms with Crippen molar-refractivity contribution in [2.45, 2.75) is 147 Å². The monoisotopic (exact) mass is 992 g/mol. The Morgan fingerprint density at radius 1 is 0.667 bits per heavy atom. The van der Waals surface area contributed by atoms with Crippen molar-refractivity contribution in [3.8, 4) is 0 Å². The van der Waals surface area contributed by atoms with Gasteiger partial charge in [0.05, 0.1) is 39.6 Å². The third-order valence-corrected chi connectivity index (χ3v) is 17.2. The zero-order valence-electron chi connectivity index (χ0n) is 40.5. The van der Waals surface area contributed by atoms with Gasteiger partial charge in [0.1, 0.15) is 42.7 Å². The molecule has 0 spiro atoms. The molecule has 4 aromatic carbocycles. The van der Waals surface area contributed by atoms with Crippen LogP contribution in [0.15, 0.2) is 120 Å². The molecule has 6 rings (SSSR count). The van der Waals surface area contributed by atoms with Crippen molar-refractivity contribution in [1.29, 1.82) is 0 Å². The zero-order chi connectivity index (χ0) is 49.8. The molecule has 0 aliphatic carbocycles. The number of ether oxygens (including phenoxy) is 8. The quantitative estimate of drug-likeness (QED) is 0.0277.